The summed E-state index contributed by atoms with van der Waals surface area (Å²) in [6.07, 6.45) is 2.38. The standard InChI is InChI=1S/C16H12ClFN4O/c1-8-13(17)7-19-14(20-8)15-21-16(23-22-15)12-6-11(12)9-3-2-4-10(18)5-9/h2-5,7,11-12H,6H2,1H3/t11-,12+/m0/s1. The third-order valence-corrected chi connectivity index (χ3v) is 4.32. The van der Waals surface area contributed by atoms with E-state index in [-0.39, 0.29) is 17.7 Å². The molecule has 1 aliphatic rings. The van der Waals surface area contributed by atoms with Gasteiger partial charge in [-0.25, -0.2) is 14.4 Å². The van der Waals surface area contributed by atoms with Crippen molar-refractivity contribution in [2.75, 3.05) is 0 Å². The van der Waals surface area contributed by atoms with Crippen molar-refractivity contribution in [1.29, 1.82) is 0 Å². The Labute approximate surface area is 136 Å². The van der Waals surface area contributed by atoms with Gasteiger partial charge in [-0.1, -0.05) is 28.9 Å². The van der Waals surface area contributed by atoms with Crippen LogP contribution in [0.4, 0.5) is 4.39 Å². The summed E-state index contributed by atoms with van der Waals surface area (Å²) in [4.78, 5) is 12.7. The predicted molar refractivity (Wildman–Crippen MR) is 81.6 cm³/mol. The van der Waals surface area contributed by atoms with Gasteiger partial charge in [0.25, 0.3) is 0 Å². The summed E-state index contributed by atoms with van der Waals surface area (Å²) in [6.45, 7) is 1.79. The zero-order valence-electron chi connectivity index (χ0n) is 12.2. The van der Waals surface area contributed by atoms with Gasteiger partial charge in [0.1, 0.15) is 5.82 Å². The summed E-state index contributed by atoms with van der Waals surface area (Å²) in [7, 11) is 0. The first-order chi connectivity index (χ1) is 11.1. The Kier molecular flexibility index (Phi) is 3.34. The molecule has 1 aliphatic carbocycles. The van der Waals surface area contributed by atoms with E-state index in [0.29, 0.717) is 28.3 Å². The first-order valence-electron chi connectivity index (χ1n) is 7.20. The molecule has 1 aromatic carbocycles. The Morgan fingerprint density at radius 1 is 1.22 bits per heavy atom. The molecule has 0 unspecified atom stereocenters. The van der Waals surface area contributed by atoms with Crippen LogP contribution in [-0.4, -0.2) is 20.1 Å². The van der Waals surface area contributed by atoms with E-state index in [9.17, 15) is 4.39 Å². The zero-order chi connectivity index (χ0) is 16.0. The van der Waals surface area contributed by atoms with Crippen molar-refractivity contribution in [3.63, 3.8) is 0 Å². The molecular formula is C16H12ClFN4O. The normalized spacial score (nSPS) is 19.8. The Morgan fingerprint density at radius 2 is 2.09 bits per heavy atom. The molecule has 1 fully saturated rings. The highest BCUT2D eigenvalue weighted by molar-refractivity contribution is 6.31. The van der Waals surface area contributed by atoms with Gasteiger partial charge in [0.15, 0.2) is 0 Å². The minimum Gasteiger partial charge on any atom is -0.339 e. The molecule has 2 heterocycles. The maximum absolute atomic E-state index is 13.3. The van der Waals surface area contributed by atoms with Gasteiger partial charge in [-0.15, -0.1) is 0 Å². The molecule has 2 aromatic heterocycles. The quantitative estimate of drug-likeness (QED) is 0.728. The minimum atomic E-state index is -0.232. The van der Waals surface area contributed by atoms with Crippen LogP contribution in [0, 0.1) is 12.7 Å². The molecule has 5 nitrogen and oxygen atoms in total. The first-order valence-corrected chi connectivity index (χ1v) is 7.58. The Balaban J connectivity index is 1.56. The SMILES string of the molecule is Cc1nc(-c2noc([C@@H]3C[C@H]3c3cccc(F)c3)n2)ncc1Cl. The molecule has 0 amide bonds. The summed E-state index contributed by atoms with van der Waals surface area (Å²) in [5.41, 5.74) is 1.61. The van der Waals surface area contributed by atoms with Crippen LogP contribution in [0.1, 0.15) is 35.4 Å². The second kappa shape index (κ2) is 5.38. The van der Waals surface area contributed by atoms with Crippen LogP contribution in [0.2, 0.25) is 5.02 Å². The zero-order valence-corrected chi connectivity index (χ0v) is 13.0. The lowest BCUT2D eigenvalue weighted by molar-refractivity contribution is 0.378. The molecule has 1 saturated carbocycles. The van der Waals surface area contributed by atoms with Crippen LogP contribution in [-0.2, 0) is 0 Å². The maximum atomic E-state index is 13.3. The van der Waals surface area contributed by atoms with Crippen molar-refractivity contribution in [1.82, 2.24) is 20.1 Å². The van der Waals surface area contributed by atoms with Crippen LogP contribution in [0.5, 0.6) is 0 Å². The summed E-state index contributed by atoms with van der Waals surface area (Å²) < 4.78 is 18.6. The monoisotopic (exact) mass is 330 g/mol. The highest BCUT2D eigenvalue weighted by atomic mass is 35.5. The summed E-state index contributed by atoms with van der Waals surface area (Å²) >= 11 is 5.91. The van der Waals surface area contributed by atoms with E-state index in [4.69, 9.17) is 16.1 Å². The second-order valence-corrected chi connectivity index (χ2v) is 5.99. The highest BCUT2D eigenvalue weighted by Gasteiger charge is 2.44. The predicted octanol–water partition coefficient (Wildman–Crippen LogP) is 3.90. The van der Waals surface area contributed by atoms with Gasteiger partial charge in [-0.2, -0.15) is 4.98 Å². The fourth-order valence-corrected chi connectivity index (χ4v) is 2.70. The number of aromatic nitrogens is 4. The van der Waals surface area contributed by atoms with Crippen molar-refractivity contribution >= 4 is 11.6 Å². The Bertz CT molecular complexity index is 882. The molecule has 3 aromatic rings. The van der Waals surface area contributed by atoms with Gasteiger partial charge in [0.2, 0.25) is 17.5 Å². The van der Waals surface area contributed by atoms with Gasteiger partial charge in [0.05, 0.1) is 10.7 Å². The molecule has 0 bridgehead atoms. The Hall–Kier alpha value is -2.34. The van der Waals surface area contributed by atoms with Crippen LogP contribution < -0.4 is 0 Å². The van der Waals surface area contributed by atoms with Crippen molar-refractivity contribution in [2.24, 2.45) is 0 Å². The average molecular weight is 331 g/mol. The number of hydrogen-bond acceptors (Lipinski definition) is 5. The molecule has 0 spiro atoms. The van der Waals surface area contributed by atoms with Crippen LogP contribution in [0.25, 0.3) is 11.6 Å². The van der Waals surface area contributed by atoms with Gasteiger partial charge >= 0.3 is 0 Å². The lowest BCUT2D eigenvalue weighted by atomic mass is 10.1. The molecule has 2 atom stereocenters. The minimum absolute atomic E-state index is 0.117. The van der Waals surface area contributed by atoms with E-state index in [0.717, 1.165) is 12.0 Å². The summed E-state index contributed by atoms with van der Waals surface area (Å²) in [6, 6.07) is 6.61. The molecule has 4 rings (SSSR count). The molecule has 0 radical (unpaired) electrons. The van der Waals surface area contributed by atoms with Crippen molar-refractivity contribution in [3.05, 3.63) is 58.5 Å². The highest BCUT2D eigenvalue weighted by Crippen LogP contribution is 2.54. The van der Waals surface area contributed by atoms with E-state index in [2.05, 4.69) is 20.1 Å². The molecule has 7 heteroatoms. The largest absolute Gasteiger partial charge is 0.339 e. The van der Waals surface area contributed by atoms with Crippen LogP contribution >= 0.6 is 11.6 Å². The number of halogens is 2. The van der Waals surface area contributed by atoms with E-state index in [1.54, 1.807) is 19.1 Å². The number of benzene rings is 1. The molecule has 0 aliphatic heterocycles. The first kappa shape index (κ1) is 14.3. The van der Waals surface area contributed by atoms with E-state index in [1.165, 1.54) is 12.3 Å². The number of rotatable bonds is 3. The van der Waals surface area contributed by atoms with Gasteiger partial charge in [0, 0.05) is 12.1 Å². The molecule has 116 valence electrons. The maximum Gasteiger partial charge on any atom is 0.240 e. The van der Waals surface area contributed by atoms with Crippen molar-refractivity contribution in [3.8, 4) is 11.6 Å². The van der Waals surface area contributed by atoms with Crippen molar-refractivity contribution < 1.29 is 8.91 Å². The fourth-order valence-electron chi connectivity index (χ4n) is 2.61. The van der Waals surface area contributed by atoms with Gasteiger partial charge in [-0.05, 0) is 37.0 Å². The second-order valence-electron chi connectivity index (χ2n) is 5.59. The van der Waals surface area contributed by atoms with Crippen molar-refractivity contribution in [2.45, 2.75) is 25.2 Å². The number of nitrogens with zero attached hydrogens (tertiary/aromatic N) is 4. The van der Waals surface area contributed by atoms with Crippen LogP contribution in [0.15, 0.2) is 35.0 Å². The van der Waals surface area contributed by atoms with Gasteiger partial charge in [-0.3, -0.25) is 0 Å². The van der Waals surface area contributed by atoms with Crippen LogP contribution in [0.3, 0.4) is 0 Å². The van der Waals surface area contributed by atoms with E-state index >= 15 is 0 Å². The summed E-state index contributed by atoms with van der Waals surface area (Å²) in [5, 5.41) is 4.43. The molecule has 23 heavy (non-hydrogen) atoms. The molecular weight excluding hydrogens is 319 g/mol. The lowest BCUT2D eigenvalue weighted by Gasteiger charge is -1.98. The molecule has 0 saturated heterocycles. The third-order valence-electron chi connectivity index (χ3n) is 3.95. The topological polar surface area (TPSA) is 64.7 Å². The average Bonchev–Trinajstić information content (AvgIpc) is 3.19. The van der Waals surface area contributed by atoms with E-state index < -0.39 is 0 Å². The third kappa shape index (κ3) is 2.70. The lowest BCUT2D eigenvalue weighted by Crippen LogP contribution is -1.94. The van der Waals surface area contributed by atoms with Gasteiger partial charge < -0.3 is 4.52 Å². The number of hydrogen-bond donors (Lipinski definition) is 0. The van der Waals surface area contributed by atoms with E-state index in [1.807, 2.05) is 6.07 Å². The molecule has 0 N–H and O–H groups in total. The Morgan fingerprint density at radius 3 is 2.87 bits per heavy atom. The smallest absolute Gasteiger partial charge is 0.240 e. The summed E-state index contributed by atoms with van der Waals surface area (Å²) in [5.74, 6) is 1.35. The number of aryl methyl sites for hydroxylation is 1. The fraction of sp³-hybridized carbons (Fsp3) is 0.250.